The molecule has 1 unspecified atom stereocenters. The minimum Gasteiger partial charge on any atom is -0.207 e. The van der Waals surface area contributed by atoms with Crippen LogP contribution in [-0.4, -0.2) is 19.8 Å². The van der Waals surface area contributed by atoms with E-state index in [-0.39, 0.29) is 10.9 Å². The zero-order chi connectivity index (χ0) is 18.2. The number of rotatable bonds is 3. The number of hydrogen-bond acceptors (Lipinski definition) is 2. The molecule has 0 N–H and O–H groups in total. The van der Waals surface area contributed by atoms with Gasteiger partial charge in [0.15, 0.2) is 0 Å². The molecule has 2 aromatic carbocycles. The van der Waals surface area contributed by atoms with Gasteiger partial charge in [0.25, 0.3) is 0 Å². The molecule has 0 saturated carbocycles. The zero-order valence-corrected chi connectivity index (χ0v) is 14.4. The fraction of sp³-hybridized carbons (Fsp3) is 0.333. The molecule has 2 aromatic rings. The highest BCUT2D eigenvalue weighted by atomic mass is 32.2. The molecule has 134 valence electrons. The first-order chi connectivity index (χ1) is 11.7. The second-order valence-corrected chi connectivity index (χ2v) is 8.15. The Morgan fingerprint density at radius 3 is 2.32 bits per heavy atom. The van der Waals surface area contributed by atoms with Gasteiger partial charge in [0, 0.05) is 13.1 Å². The van der Waals surface area contributed by atoms with Crippen LogP contribution < -0.4 is 0 Å². The van der Waals surface area contributed by atoms with Gasteiger partial charge in [-0.25, -0.2) is 8.42 Å². The van der Waals surface area contributed by atoms with Crippen LogP contribution in [0.15, 0.2) is 53.4 Å². The highest BCUT2D eigenvalue weighted by Crippen LogP contribution is 2.37. The van der Waals surface area contributed by atoms with E-state index in [1.807, 2.05) is 24.3 Å². The van der Waals surface area contributed by atoms with Crippen molar-refractivity contribution in [2.75, 3.05) is 7.05 Å². The smallest absolute Gasteiger partial charge is 0.207 e. The molecule has 3 rings (SSSR count). The molecule has 0 spiro atoms. The van der Waals surface area contributed by atoms with Crippen molar-refractivity contribution in [1.82, 2.24) is 4.31 Å². The summed E-state index contributed by atoms with van der Waals surface area (Å²) in [6, 6.07) is 11.0. The van der Waals surface area contributed by atoms with Gasteiger partial charge in [-0.2, -0.15) is 17.5 Å². The van der Waals surface area contributed by atoms with Crippen molar-refractivity contribution in [2.24, 2.45) is 0 Å². The summed E-state index contributed by atoms with van der Waals surface area (Å²) < 4.78 is 65.0. The average Bonchev–Trinajstić information content (AvgIpc) is 2.60. The Bertz CT molecular complexity index is 861. The standard InChI is InChI=1S/C18H18F3NO2S/c1-22(17-8-4-6-13-5-2-3-7-16(13)17)25(23,24)15-11-9-14(10-12-15)18(19,20)21/h2-3,5,7,9-12,17H,4,6,8H2,1H3. The monoisotopic (exact) mass is 369 g/mol. The number of sulfonamides is 1. The fourth-order valence-electron chi connectivity index (χ4n) is 3.26. The summed E-state index contributed by atoms with van der Waals surface area (Å²) >= 11 is 0. The van der Waals surface area contributed by atoms with E-state index < -0.39 is 21.8 Å². The van der Waals surface area contributed by atoms with Crippen LogP contribution in [0.3, 0.4) is 0 Å². The zero-order valence-electron chi connectivity index (χ0n) is 13.6. The van der Waals surface area contributed by atoms with Crippen LogP contribution in [0, 0.1) is 0 Å². The molecular formula is C18H18F3NO2S. The summed E-state index contributed by atoms with van der Waals surface area (Å²) in [6.45, 7) is 0. The lowest BCUT2D eigenvalue weighted by Gasteiger charge is -2.32. The minimum absolute atomic E-state index is 0.133. The third-order valence-electron chi connectivity index (χ3n) is 4.64. The normalized spacial score (nSPS) is 18.2. The maximum Gasteiger partial charge on any atom is 0.416 e. The quantitative estimate of drug-likeness (QED) is 0.804. The molecule has 0 saturated heterocycles. The van der Waals surface area contributed by atoms with Crippen molar-refractivity contribution in [3.63, 3.8) is 0 Å². The van der Waals surface area contributed by atoms with E-state index in [4.69, 9.17) is 0 Å². The molecule has 3 nitrogen and oxygen atoms in total. The molecule has 25 heavy (non-hydrogen) atoms. The van der Waals surface area contributed by atoms with E-state index in [1.54, 1.807) is 0 Å². The van der Waals surface area contributed by atoms with Gasteiger partial charge in [-0.3, -0.25) is 0 Å². The lowest BCUT2D eigenvalue weighted by molar-refractivity contribution is -0.137. The van der Waals surface area contributed by atoms with Gasteiger partial charge in [0.05, 0.1) is 10.5 Å². The Morgan fingerprint density at radius 1 is 1.04 bits per heavy atom. The predicted octanol–water partition coefficient (Wildman–Crippen LogP) is 4.40. The van der Waals surface area contributed by atoms with Gasteiger partial charge in [0.2, 0.25) is 10.0 Å². The highest BCUT2D eigenvalue weighted by Gasteiger charge is 2.34. The van der Waals surface area contributed by atoms with E-state index in [2.05, 4.69) is 0 Å². The van der Waals surface area contributed by atoms with Crippen molar-refractivity contribution in [3.8, 4) is 0 Å². The lowest BCUT2D eigenvalue weighted by atomic mass is 9.88. The first-order valence-corrected chi connectivity index (χ1v) is 9.38. The number of alkyl halides is 3. The Kier molecular flexibility index (Phi) is 4.64. The van der Waals surface area contributed by atoms with Crippen LogP contribution >= 0.6 is 0 Å². The molecule has 0 bridgehead atoms. The number of fused-ring (bicyclic) bond motifs is 1. The lowest BCUT2D eigenvalue weighted by Crippen LogP contribution is -2.33. The highest BCUT2D eigenvalue weighted by molar-refractivity contribution is 7.89. The van der Waals surface area contributed by atoms with Crippen molar-refractivity contribution < 1.29 is 21.6 Å². The van der Waals surface area contributed by atoms with E-state index in [9.17, 15) is 21.6 Å². The third kappa shape index (κ3) is 3.43. The first kappa shape index (κ1) is 17.9. The molecule has 0 aliphatic heterocycles. The summed E-state index contributed by atoms with van der Waals surface area (Å²) in [4.78, 5) is -0.133. The van der Waals surface area contributed by atoms with Gasteiger partial charge < -0.3 is 0 Å². The Labute approximate surface area is 145 Å². The summed E-state index contributed by atoms with van der Waals surface area (Å²) in [5.74, 6) is 0. The summed E-state index contributed by atoms with van der Waals surface area (Å²) in [7, 11) is -2.39. The van der Waals surface area contributed by atoms with Crippen LogP contribution in [0.1, 0.15) is 35.6 Å². The molecule has 0 heterocycles. The molecule has 1 aliphatic rings. The Hall–Kier alpha value is -1.86. The Morgan fingerprint density at radius 2 is 1.68 bits per heavy atom. The molecule has 1 atom stereocenters. The van der Waals surface area contributed by atoms with Crippen LogP contribution in [0.5, 0.6) is 0 Å². The summed E-state index contributed by atoms with van der Waals surface area (Å²) in [5, 5.41) is 0. The van der Waals surface area contributed by atoms with Crippen molar-refractivity contribution in [2.45, 2.75) is 36.4 Å². The number of benzene rings is 2. The topological polar surface area (TPSA) is 37.4 Å². The maximum absolute atomic E-state index is 12.8. The van der Waals surface area contributed by atoms with Crippen LogP contribution in [0.25, 0.3) is 0 Å². The van der Waals surface area contributed by atoms with E-state index in [0.29, 0.717) is 6.42 Å². The van der Waals surface area contributed by atoms with Crippen molar-refractivity contribution >= 4 is 10.0 Å². The maximum atomic E-state index is 12.8. The first-order valence-electron chi connectivity index (χ1n) is 7.94. The predicted molar refractivity (Wildman–Crippen MR) is 88.5 cm³/mol. The van der Waals surface area contributed by atoms with Crippen LogP contribution in [-0.2, 0) is 22.6 Å². The molecule has 1 aliphatic carbocycles. The Balaban J connectivity index is 1.93. The van der Waals surface area contributed by atoms with Gasteiger partial charge in [-0.05, 0) is 54.7 Å². The van der Waals surface area contributed by atoms with Crippen molar-refractivity contribution in [3.05, 3.63) is 65.2 Å². The molecule has 0 radical (unpaired) electrons. The molecule has 0 aromatic heterocycles. The minimum atomic E-state index is -4.49. The van der Waals surface area contributed by atoms with Gasteiger partial charge in [0.1, 0.15) is 0 Å². The molecule has 7 heteroatoms. The van der Waals surface area contributed by atoms with E-state index in [0.717, 1.165) is 48.2 Å². The van der Waals surface area contributed by atoms with Gasteiger partial charge in [-0.1, -0.05) is 24.3 Å². The molecule has 0 fully saturated rings. The fourth-order valence-corrected chi connectivity index (χ4v) is 4.62. The average molecular weight is 369 g/mol. The van der Waals surface area contributed by atoms with Gasteiger partial charge in [-0.15, -0.1) is 0 Å². The second kappa shape index (κ2) is 6.46. The summed E-state index contributed by atoms with van der Waals surface area (Å²) in [5.41, 5.74) is 1.22. The van der Waals surface area contributed by atoms with Crippen LogP contribution in [0.4, 0.5) is 13.2 Å². The second-order valence-electron chi connectivity index (χ2n) is 6.15. The number of hydrogen-bond donors (Lipinski definition) is 0. The number of halogens is 3. The molecular weight excluding hydrogens is 351 g/mol. The van der Waals surface area contributed by atoms with E-state index >= 15 is 0 Å². The molecule has 0 amide bonds. The SMILES string of the molecule is CN(C1CCCc2ccccc21)S(=O)(=O)c1ccc(C(F)(F)F)cc1. The largest absolute Gasteiger partial charge is 0.416 e. The summed E-state index contributed by atoms with van der Waals surface area (Å²) in [6.07, 6.45) is -2.03. The van der Waals surface area contributed by atoms with Crippen LogP contribution in [0.2, 0.25) is 0 Å². The van der Waals surface area contributed by atoms with E-state index in [1.165, 1.54) is 11.4 Å². The number of aryl methyl sites for hydroxylation is 1. The third-order valence-corrected chi connectivity index (χ3v) is 6.52. The van der Waals surface area contributed by atoms with Crippen molar-refractivity contribution in [1.29, 1.82) is 0 Å². The van der Waals surface area contributed by atoms with Gasteiger partial charge >= 0.3 is 6.18 Å². The number of nitrogens with zero attached hydrogens (tertiary/aromatic N) is 1.